The summed E-state index contributed by atoms with van der Waals surface area (Å²) in [6.07, 6.45) is 13.2. The molecule has 1 amide bonds. The summed E-state index contributed by atoms with van der Waals surface area (Å²) in [5.74, 6) is 0.177. The van der Waals surface area contributed by atoms with Gasteiger partial charge >= 0.3 is 5.97 Å². The van der Waals surface area contributed by atoms with Gasteiger partial charge in [0.25, 0.3) is 5.91 Å². The molecule has 33 heavy (non-hydrogen) atoms. The lowest BCUT2D eigenvalue weighted by atomic mass is 9.95. The number of oxime groups is 1. The molecule has 0 N–H and O–H groups in total. The Kier molecular flexibility index (Phi) is 9.28. The molecule has 2 aliphatic heterocycles. The predicted molar refractivity (Wildman–Crippen MR) is 130 cm³/mol. The zero-order chi connectivity index (χ0) is 23.6. The molecule has 0 aromatic heterocycles. The Morgan fingerprint density at radius 1 is 1.18 bits per heavy atom. The van der Waals surface area contributed by atoms with Crippen LogP contribution in [0.3, 0.4) is 0 Å². The number of cyclic esters (lactones) is 1. The third-order valence-electron chi connectivity index (χ3n) is 6.01. The van der Waals surface area contributed by atoms with E-state index in [9.17, 15) is 9.59 Å². The fraction of sp³-hybridized carbons (Fsp3) is 0.519. The largest absolute Gasteiger partial charge is 0.462 e. The van der Waals surface area contributed by atoms with Crippen LogP contribution in [-0.4, -0.2) is 48.8 Å². The average molecular weight is 453 g/mol. The van der Waals surface area contributed by atoms with E-state index in [1.165, 1.54) is 0 Å². The molecule has 2 aliphatic rings. The zero-order valence-corrected chi connectivity index (χ0v) is 20.1. The lowest BCUT2D eigenvalue weighted by Gasteiger charge is -2.30. The van der Waals surface area contributed by atoms with Gasteiger partial charge < -0.3 is 14.5 Å². The van der Waals surface area contributed by atoms with Gasteiger partial charge in [-0.15, -0.1) is 0 Å². The topological polar surface area (TPSA) is 68.2 Å². The number of allylic oxidation sites excluding steroid dienone is 3. The van der Waals surface area contributed by atoms with Crippen molar-refractivity contribution in [3.05, 3.63) is 58.7 Å². The van der Waals surface area contributed by atoms with Crippen molar-refractivity contribution in [3.8, 4) is 0 Å². The number of rotatable bonds is 3. The van der Waals surface area contributed by atoms with Gasteiger partial charge in [-0.2, -0.15) is 0 Å². The maximum absolute atomic E-state index is 12.8. The Morgan fingerprint density at radius 3 is 2.79 bits per heavy atom. The summed E-state index contributed by atoms with van der Waals surface area (Å²) >= 11 is 0. The van der Waals surface area contributed by atoms with Crippen LogP contribution in [0.25, 0.3) is 0 Å². The Labute approximate surface area is 197 Å². The first-order chi connectivity index (χ1) is 15.9. The number of hydrogen-bond acceptors (Lipinski definition) is 5. The highest BCUT2D eigenvalue weighted by Gasteiger charge is 2.21. The van der Waals surface area contributed by atoms with Crippen LogP contribution < -0.4 is 0 Å². The number of carbonyl (C=O) groups is 2. The van der Waals surface area contributed by atoms with E-state index in [1.807, 2.05) is 43.0 Å². The average Bonchev–Trinajstić information content (AvgIpc) is 2.76. The Bertz CT molecular complexity index is 932. The fourth-order valence-electron chi connectivity index (χ4n) is 4.42. The molecule has 6 nitrogen and oxygen atoms in total. The number of nitrogens with zero attached hydrogens (tertiary/aromatic N) is 2. The van der Waals surface area contributed by atoms with Crippen LogP contribution in [0, 0.1) is 19.8 Å². The molecule has 1 atom stereocenters. The van der Waals surface area contributed by atoms with Crippen molar-refractivity contribution in [2.75, 3.05) is 26.3 Å². The predicted octanol–water partition coefficient (Wildman–Crippen LogP) is 4.93. The van der Waals surface area contributed by atoms with Crippen LogP contribution in [0.4, 0.5) is 0 Å². The number of carbonyl (C=O) groups excluding carboxylic acids is 2. The van der Waals surface area contributed by atoms with E-state index in [0.717, 1.165) is 55.5 Å². The fourth-order valence-corrected chi connectivity index (χ4v) is 4.42. The molecule has 0 aliphatic carbocycles. The third-order valence-corrected chi connectivity index (χ3v) is 6.01. The summed E-state index contributed by atoms with van der Waals surface area (Å²) < 4.78 is 5.53. The van der Waals surface area contributed by atoms with Crippen molar-refractivity contribution in [2.45, 2.75) is 59.3 Å². The summed E-state index contributed by atoms with van der Waals surface area (Å²) in [6, 6.07) is 3.99. The van der Waals surface area contributed by atoms with Gasteiger partial charge in [0.1, 0.15) is 0 Å². The monoisotopic (exact) mass is 452 g/mol. The molecule has 1 aromatic carbocycles. The number of piperidine rings is 1. The van der Waals surface area contributed by atoms with E-state index in [2.05, 4.69) is 24.2 Å². The number of fused-ring (bicyclic) bond motifs is 1. The summed E-state index contributed by atoms with van der Waals surface area (Å²) in [6.45, 7) is 7.95. The molecule has 0 spiro atoms. The highest BCUT2D eigenvalue weighted by atomic mass is 16.6. The van der Waals surface area contributed by atoms with Gasteiger partial charge in [0, 0.05) is 19.5 Å². The standard InChI is InChI=1S/C27H36N2O4/c1-20-11-10-13-29(18-20)25(30)19-33-28-24-12-8-6-4-5-7-9-14-32-27(31)26-22(3)15-21(2)16-23(26)17-24/h5,7-8,12,15-16,20H,4,6,9-11,13-14,17-19H2,1-3H3/b7-5+,12-8?,28-24+. The lowest BCUT2D eigenvalue weighted by molar-refractivity contribution is -0.137. The van der Waals surface area contributed by atoms with Crippen molar-refractivity contribution in [3.63, 3.8) is 0 Å². The van der Waals surface area contributed by atoms with Gasteiger partial charge in [0.15, 0.2) is 6.61 Å². The van der Waals surface area contributed by atoms with Gasteiger partial charge in [-0.1, -0.05) is 48.0 Å². The zero-order valence-electron chi connectivity index (χ0n) is 20.1. The van der Waals surface area contributed by atoms with Gasteiger partial charge in [0.05, 0.1) is 17.9 Å². The number of ether oxygens (including phenoxy) is 1. The van der Waals surface area contributed by atoms with Gasteiger partial charge in [0.2, 0.25) is 0 Å². The number of amides is 1. The van der Waals surface area contributed by atoms with Crippen molar-refractivity contribution >= 4 is 17.6 Å². The maximum Gasteiger partial charge on any atom is 0.338 e. The minimum atomic E-state index is -0.313. The molecular weight excluding hydrogens is 416 g/mol. The smallest absolute Gasteiger partial charge is 0.338 e. The minimum absolute atomic E-state index is 0.0309. The number of likely N-dealkylation sites (tertiary alicyclic amines) is 1. The second kappa shape index (κ2) is 12.4. The van der Waals surface area contributed by atoms with E-state index in [4.69, 9.17) is 9.57 Å². The molecule has 0 bridgehead atoms. The summed E-state index contributed by atoms with van der Waals surface area (Å²) in [7, 11) is 0. The molecule has 2 heterocycles. The lowest BCUT2D eigenvalue weighted by Crippen LogP contribution is -2.40. The Hall–Kier alpha value is -2.89. The third kappa shape index (κ3) is 7.58. The molecule has 6 heteroatoms. The van der Waals surface area contributed by atoms with E-state index < -0.39 is 0 Å². The molecule has 1 saturated heterocycles. The van der Waals surface area contributed by atoms with Crippen LogP contribution >= 0.6 is 0 Å². The second-order valence-corrected chi connectivity index (χ2v) is 9.11. The van der Waals surface area contributed by atoms with Crippen LogP contribution in [0.2, 0.25) is 0 Å². The van der Waals surface area contributed by atoms with Crippen molar-refractivity contribution < 1.29 is 19.2 Å². The first-order valence-electron chi connectivity index (χ1n) is 12.0. The summed E-state index contributed by atoms with van der Waals surface area (Å²) in [5.41, 5.74) is 4.07. The molecule has 1 fully saturated rings. The Morgan fingerprint density at radius 2 is 1.97 bits per heavy atom. The first-order valence-corrected chi connectivity index (χ1v) is 12.0. The normalized spacial score (nSPS) is 22.3. The minimum Gasteiger partial charge on any atom is -0.462 e. The van der Waals surface area contributed by atoms with Crippen molar-refractivity contribution in [1.29, 1.82) is 0 Å². The molecule has 3 rings (SSSR count). The SMILES string of the molecule is Cc1cc(C)c2c(c1)C/C(=N/OCC(=O)N1CCCC(C)C1)C=CCC/C=C/CCOC2=O. The first kappa shape index (κ1) is 24.7. The number of hydrogen-bond donors (Lipinski definition) is 0. The van der Waals surface area contributed by atoms with E-state index >= 15 is 0 Å². The van der Waals surface area contributed by atoms with Crippen molar-refractivity contribution in [2.24, 2.45) is 11.1 Å². The molecule has 178 valence electrons. The van der Waals surface area contributed by atoms with Crippen LogP contribution in [-0.2, 0) is 20.8 Å². The van der Waals surface area contributed by atoms with E-state index in [1.54, 1.807) is 0 Å². The van der Waals surface area contributed by atoms with Gasteiger partial charge in [-0.05, 0) is 69.1 Å². The number of aryl methyl sites for hydroxylation is 2. The molecule has 0 saturated carbocycles. The Balaban J connectivity index is 1.79. The quantitative estimate of drug-likeness (QED) is 0.370. The van der Waals surface area contributed by atoms with Crippen LogP contribution in [0.1, 0.15) is 66.1 Å². The molecule has 1 unspecified atom stereocenters. The second-order valence-electron chi connectivity index (χ2n) is 9.11. The highest BCUT2D eigenvalue weighted by molar-refractivity contribution is 6.00. The van der Waals surface area contributed by atoms with Crippen LogP contribution in [0.5, 0.6) is 0 Å². The molecular formula is C27H36N2O4. The van der Waals surface area contributed by atoms with E-state index in [0.29, 0.717) is 36.6 Å². The van der Waals surface area contributed by atoms with Crippen LogP contribution in [0.15, 0.2) is 41.6 Å². The summed E-state index contributed by atoms with van der Waals surface area (Å²) in [4.78, 5) is 32.7. The summed E-state index contributed by atoms with van der Waals surface area (Å²) in [5, 5.41) is 4.30. The number of esters is 1. The molecule has 1 aromatic rings. The van der Waals surface area contributed by atoms with E-state index in [-0.39, 0.29) is 18.5 Å². The maximum atomic E-state index is 12.8. The highest BCUT2D eigenvalue weighted by Crippen LogP contribution is 2.21. The number of benzene rings is 1. The van der Waals surface area contributed by atoms with Gasteiger partial charge in [-0.25, -0.2) is 4.79 Å². The molecule has 0 radical (unpaired) electrons. The van der Waals surface area contributed by atoms with Gasteiger partial charge in [-0.3, -0.25) is 4.79 Å². The van der Waals surface area contributed by atoms with Crippen molar-refractivity contribution in [1.82, 2.24) is 4.90 Å².